The number of halogens is 5. The van der Waals surface area contributed by atoms with Crippen LogP contribution in [0.15, 0.2) is 59.9 Å². The molecule has 196 valence electrons. The molecule has 0 bridgehead atoms. The lowest BCUT2D eigenvalue weighted by molar-refractivity contribution is -0.141. The summed E-state index contributed by atoms with van der Waals surface area (Å²) < 4.78 is 80.5. The van der Waals surface area contributed by atoms with E-state index in [4.69, 9.17) is 0 Å². The van der Waals surface area contributed by atoms with Crippen LogP contribution in [0.3, 0.4) is 0 Å². The minimum absolute atomic E-state index is 0.0498. The van der Waals surface area contributed by atoms with E-state index in [1.807, 2.05) is 0 Å². The van der Waals surface area contributed by atoms with Crippen LogP contribution in [0.25, 0.3) is 11.3 Å². The molecule has 1 saturated heterocycles. The van der Waals surface area contributed by atoms with Crippen molar-refractivity contribution in [1.29, 1.82) is 0 Å². The first-order valence-corrected chi connectivity index (χ1v) is 12.4. The van der Waals surface area contributed by atoms with Crippen molar-refractivity contribution in [3.05, 3.63) is 72.2 Å². The predicted octanol–water partition coefficient (Wildman–Crippen LogP) is 4.23. The molecule has 1 aliphatic heterocycles. The molecule has 13 heteroatoms. The summed E-state index contributed by atoms with van der Waals surface area (Å²) in [6.45, 7) is 1.28. The van der Waals surface area contributed by atoms with Gasteiger partial charge in [0.05, 0.1) is 28.9 Å². The third kappa shape index (κ3) is 6.16. The minimum Gasteiger partial charge on any atom is -0.349 e. The molecule has 3 aromatic rings. The van der Waals surface area contributed by atoms with Crippen molar-refractivity contribution in [2.75, 3.05) is 0 Å². The predicted molar refractivity (Wildman–Crippen MR) is 124 cm³/mol. The maximum absolute atomic E-state index is 14.3. The Hall–Kier alpha value is -3.32. The van der Waals surface area contributed by atoms with Crippen molar-refractivity contribution < 1.29 is 31.0 Å². The van der Waals surface area contributed by atoms with E-state index in [1.54, 1.807) is 0 Å². The zero-order valence-electron chi connectivity index (χ0n) is 19.5. The number of nitrogens with zero attached hydrogens (tertiary/aromatic N) is 4. The monoisotopic (exact) mass is 539 g/mol. The van der Waals surface area contributed by atoms with Crippen molar-refractivity contribution in [2.45, 2.75) is 55.6 Å². The first-order chi connectivity index (χ1) is 17.5. The number of amides is 1. The van der Waals surface area contributed by atoms with Gasteiger partial charge < -0.3 is 5.32 Å². The second kappa shape index (κ2) is 11.0. The van der Waals surface area contributed by atoms with Gasteiger partial charge in [0.1, 0.15) is 41.0 Å². The molecule has 37 heavy (non-hydrogen) atoms. The van der Waals surface area contributed by atoms with Gasteiger partial charge >= 0.3 is 6.18 Å². The van der Waals surface area contributed by atoms with Crippen LogP contribution in [-0.2, 0) is 28.5 Å². The van der Waals surface area contributed by atoms with Crippen LogP contribution in [0.4, 0.5) is 22.0 Å². The van der Waals surface area contributed by atoms with Gasteiger partial charge in [-0.25, -0.2) is 27.3 Å². The fourth-order valence-electron chi connectivity index (χ4n) is 4.06. The van der Waals surface area contributed by atoms with Gasteiger partial charge in [-0.3, -0.25) is 9.78 Å². The first-order valence-electron chi connectivity index (χ1n) is 11.3. The van der Waals surface area contributed by atoms with Crippen molar-refractivity contribution in [1.82, 2.24) is 24.6 Å². The maximum atomic E-state index is 14.3. The van der Waals surface area contributed by atoms with E-state index in [9.17, 15) is 31.0 Å². The van der Waals surface area contributed by atoms with E-state index in [0.717, 1.165) is 24.4 Å². The first kappa shape index (κ1) is 26.7. The van der Waals surface area contributed by atoms with Crippen LogP contribution in [0, 0.1) is 5.82 Å². The third-order valence-corrected chi connectivity index (χ3v) is 7.51. The van der Waals surface area contributed by atoms with Crippen LogP contribution in [0.2, 0.25) is 0 Å². The van der Waals surface area contributed by atoms with Crippen LogP contribution in [-0.4, -0.2) is 47.6 Å². The van der Waals surface area contributed by atoms with Gasteiger partial charge in [0.15, 0.2) is 0 Å². The van der Waals surface area contributed by atoms with Gasteiger partial charge in [-0.15, -0.1) is 0 Å². The standard InChI is InChI=1S/C24H22F5N5O2S/c1-14(25)20-7-8-21(34(20)37(36)18-5-3-16(26)4-6-18)23(35)31-12-17-10-19(33-13-32-17)15-2-9-22(30-11-15)24(27,28)29/h2-6,9-11,13-14,20-21H,7-8,12H2,1H3,(H,31,35)/t14-,20?,21?,37?/m1/s1. The summed E-state index contributed by atoms with van der Waals surface area (Å²) in [5.41, 5.74) is -0.0122. The van der Waals surface area contributed by atoms with Gasteiger partial charge in [-0.1, -0.05) is 0 Å². The lowest BCUT2D eigenvalue weighted by atomic mass is 10.1. The Balaban J connectivity index is 1.47. The lowest BCUT2D eigenvalue weighted by Crippen LogP contribution is -2.48. The highest BCUT2D eigenvalue weighted by Crippen LogP contribution is 2.32. The molecule has 0 radical (unpaired) electrons. The number of hydrogen-bond donors (Lipinski definition) is 1. The molecule has 7 nitrogen and oxygen atoms in total. The Morgan fingerprint density at radius 3 is 2.49 bits per heavy atom. The summed E-state index contributed by atoms with van der Waals surface area (Å²) in [7, 11) is -1.90. The number of nitrogens with one attached hydrogen (secondary N) is 1. The van der Waals surface area contributed by atoms with Gasteiger partial charge in [-0.2, -0.15) is 13.2 Å². The van der Waals surface area contributed by atoms with E-state index in [1.165, 1.54) is 41.8 Å². The normalized spacial score (nSPS) is 19.9. The van der Waals surface area contributed by atoms with Gasteiger partial charge in [-0.05, 0) is 62.2 Å². The molecule has 1 N–H and O–H groups in total. The molecule has 2 aromatic heterocycles. The summed E-state index contributed by atoms with van der Waals surface area (Å²) >= 11 is 0. The van der Waals surface area contributed by atoms with Gasteiger partial charge in [0.25, 0.3) is 0 Å². The number of carbonyl (C=O) groups is 1. The number of hydrogen-bond acceptors (Lipinski definition) is 5. The fourth-order valence-corrected chi connectivity index (χ4v) is 5.63. The summed E-state index contributed by atoms with van der Waals surface area (Å²) in [6, 6.07) is 6.87. The summed E-state index contributed by atoms with van der Waals surface area (Å²) in [5, 5.41) is 2.70. The lowest BCUT2D eigenvalue weighted by Gasteiger charge is -2.29. The minimum atomic E-state index is -4.56. The molecule has 1 fully saturated rings. The fraction of sp³-hybridized carbons (Fsp3) is 0.333. The maximum Gasteiger partial charge on any atom is 0.433 e. The number of carbonyl (C=O) groups excluding carboxylic acids is 1. The van der Waals surface area contributed by atoms with Crippen molar-refractivity contribution in [3.63, 3.8) is 0 Å². The second-order valence-corrected chi connectivity index (χ2v) is 9.83. The number of aromatic nitrogens is 3. The molecular weight excluding hydrogens is 517 g/mol. The molecule has 4 atom stereocenters. The Kier molecular flexibility index (Phi) is 7.93. The quantitative estimate of drug-likeness (QED) is 0.454. The van der Waals surface area contributed by atoms with Crippen molar-refractivity contribution in [2.24, 2.45) is 0 Å². The molecular formula is C24H22F5N5O2S. The summed E-state index contributed by atoms with van der Waals surface area (Å²) in [5.74, 6) is -1.00. The molecule has 0 aliphatic carbocycles. The SMILES string of the molecule is C[C@@H](F)C1CCC(C(=O)NCc2cc(-c3ccc(C(F)(F)F)nc3)ncn2)N1S(=O)c1ccc(F)cc1. The van der Waals surface area contributed by atoms with Crippen molar-refractivity contribution >= 4 is 16.9 Å². The van der Waals surface area contributed by atoms with Crippen LogP contribution >= 0.6 is 0 Å². The van der Waals surface area contributed by atoms with Crippen LogP contribution in [0.5, 0.6) is 0 Å². The molecule has 1 aromatic carbocycles. The Morgan fingerprint density at radius 1 is 1.14 bits per heavy atom. The Labute approximate surface area is 211 Å². The van der Waals surface area contributed by atoms with E-state index in [0.29, 0.717) is 23.4 Å². The number of benzene rings is 1. The Bertz CT molecular complexity index is 1270. The third-order valence-electron chi connectivity index (χ3n) is 5.93. The highest BCUT2D eigenvalue weighted by Gasteiger charge is 2.44. The number of pyridine rings is 1. The summed E-state index contributed by atoms with van der Waals surface area (Å²) in [4.78, 5) is 24.8. The zero-order chi connectivity index (χ0) is 26.7. The van der Waals surface area contributed by atoms with E-state index in [2.05, 4.69) is 20.3 Å². The topological polar surface area (TPSA) is 88.1 Å². The molecule has 0 saturated carbocycles. The van der Waals surface area contributed by atoms with Gasteiger partial charge in [0.2, 0.25) is 5.91 Å². The van der Waals surface area contributed by atoms with E-state index in [-0.39, 0.29) is 17.9 Å². The molecule has 3 heterocycles. The highest BCUT2D eigenvalue weighted by atomic mass is 32.2. The van der Waals surface area contributed by atoms with Crippen LogP contribution in [0.1, 0.15) is 31.2 Å². The van der Waals surface area contributed by atoms with Gasteiger partial charge in [0, 0.05) is 11.8 Å². The van der Waals surface area contributed by atoms with Crippen molar-refractivity contribution in [3.8, 4) is 11.3 Å². The van der Waals surface area contributed by atoms with E-state index < -0.39 is 52.8 Å². The average Bonchev–Trinajstić information content (AvgIpc) is 3.33. The molecule has 3 unspecified atom stereocenters. The molecule has 4 rings (SSSR count). The molecule has 1 aliphatic rings. The van der Waals surface area contributed by atoms with Crippen LogP contribution < -0.4 is 5.32 Å². The largest absolute Gasteiger partial charge is 0.433 e. The average molecular weight is 540 g/mol. The number of rotatable bonds is 7. The highest BCUT2D eigenvalue weighted by molar-refractivity contribution is 7.82. The van der Waals surface area contributed by atoms with E-state index >= 15 is 0 Å². The Morgan fingerprint density at radius 2 is 1.86 bits per heavy atom. The molecule has 1 amide bonds. The number of alkyl halides is 4. The smallest absolute Gasteiger partial charge is 0.349 e. The zero-order valence-corrected chi connectivity index (χ0v) is 20.3. The molecule has 0 spiro atoms. The second-order valence-electron chi connectivity index (χ2n) is 8.44. The summed E-state index contributed by atoms with van der Waals surface area (Å²) in [6.07, 6.45) is -3.09.